The first kappa shape index (κ1) is 15.8. The van der Waals surface area contributed by atoms with Crippen molar-refractivity contribution in [1.29, 1.82) is 0 Å². The summed E-state index contributed by atoms with van der Waals surface area (Å²) in [5, 5.41) is 4.15. The maximum Gasteiger partial charge on any atom is 0.234 e. The summed E-state index contributed by atoms with van der Waals surface area (Å²) in [5.41, 5.74) is 5.99. The molecule has 1 aliphatic carbocycles. The van der Waals surface area contributed by atoms with Gasteiger partial charge < -0.3 is 10.3 Å². The van der Waals surface area contributed by atoms with Crippen LogP contribution in [0.4, 0.5) is 0 Å². The number of thioether (sulfide) groups is 1. The summed E-state index contributed by atoms with van der Waals surface area (Å²) in [5.74, 6) is 4.27. The molecule has 1 aromatic heterocycles. The van der Waals surface area contributed by atoms with E-state index < -0.39 is 0 Å². The SMILES string of the molecule is CC(C)CSCc1noc(C2(CN)CCCCCC2)n1. The summed E-state index contributed by atoms with van der Waals surface area (Å²) in [7, 11) is 0. The van der Waals surface area contributed by atoms with Crippen molar-refractivity contribution in [3.05, 3.63) is 11.7 Å². The van der Waals surface area contributed by atoms with Crippen molar-refractivity contribution in [3.63, 3.8) is 0 Å². The van der Waals surface area contributed by atoms with Crippen LogP contribution in [0.1, 0.15) is 64.1 Å². The molecule has 0 spiro atoms. The Bertz CT molecular complexity index is 398. The van der Waals surface area contributed by atoms with Crippen LogP contribution in [0.5, 0.6) is 0 Å². The molecule has 2 N–H and O–H groups in total. The third kappa shape index (κ3) is 3.98. The molecule has 0 amide bonds. The topological polar surface area (TPSA) is 64.9 Å². The summed E-state index contributed by atoms with van der Waals surface area (Å²) < 4.78 is 5.56. The Morgan fingerprint density at radius 2 is 1.95 bits per heavy atom. The molecule has 1 heterocycles. The van der Waals surface area contributed by atoms with E-state index in [4.69, 9.17) is 10.3 Å². The number of hydrogen-bond donors (Lipinski definition) is 1. The van der Waals surface area contributed by atoms with Gasteiger partial charge in [0.15, 0.2) is 5.82 Å². The quantitative estimate of drug-likeness (QED) is 0.814. The number of hydrogen-bond acceptors (Lipinski definition) is 5. The largest absolute Gasteiger partial charge is 0.339 e. The first-order valence-electron chi connectivity index (χ1n) is 7.77. The van der Waals surface area contributed by atoms with Crippen LogP contribution in [0.15, 0.2) is 4.52 Å². The predicted molar refractivity (Wildman–Crippen MR) is 83.7 cm³/mol. The van der Waals surface area contributed by atoms with Gasteiger partial charge in [0.1, 0.15) is 0 Å². The normalized spacial score (nSPS) is 19.2. The lowest BCUT2D eigenvalue weighted by atomic mass is 9.80. The standard InChI is InChI=1S/C15H27N3OS/c1-12(2)9-20-10-13-17-14(19-18-13)15(11-16)7-5-3-4-6-8-15/h12H,3-11,16H2,1-2H3. The zero-order valence-electron chi connectivity index (χ0n) is 12.7. The van der Waals surface area contributed by atoms with Crippen LogP contribution in [0.2, 0.25) is 0 Å². The molecule has 4 nitrogen and oxygen atoms in total. The number of nitrogens with two attached hydrogens (primary N) is 1. The van der Waals surface area contributed by atoms with Gasteiger partial charge in [-0.3, -0.25) is 0 Å². The highest BCUT2D eigenvalue weighted by Gasteiger charge is 2.37. The van der Waals surface area contributed by atoms with Crippen molar-refractivity contribution >= 4 is 11.8 Å². The molecule has 0 atom stereocenters. The van der Waals surface area contributed by atoms with Crippen molar-refractivity contribution < 1.29 is 4.52 Å². The molecule has 0 unspecified atom stereocenters. The highest BCUT2D eigenvalue weighted by Crippen LogP contribution is 2.36. The van der Waals surface area contributed by atoms with Crippen molar-refractivity contribution in [2.24, 2.45) is 11.7 Å². The average Bonchev–Trinajstić information content (AvgIpc) is 2.76. The molecule has 0 aliphatic heterocycles. The summed E-state index contributed by atoms with van der Waals surface area (Å²) in [6.45, 7) is 5.07. The lowest BCUT2D eigenvalue weighted by Crippen LogP contribution is -2.35. The van der Waals surface area contributed by atoms with Gasteiger partial charge in [-0.05, 0) is 24.5 Å². The second kappa shape index (κ2) is 7.46. The highest BCUT2D eigenvalue weighted by atomic mass is 32.2. The number of rotatable bonds is 6. The molecule has 2 rings (SSSR count). The molecule has 1 fully saturated rings. The molecular formula is C15H27N3OS. The summed E-state index contributed by atoms with van der Waals surface area (Å²) in [6, 6.07) is 0. The zero-order chi connectivity index (χ0) is 14.4. The first-order valence-corrected chi connectivity index (χ1v) is 8.92. The maximum atomic E-state index is 6.06. The van der Waals surface area contributed by atoms with Crippen LogP contribution in [0.3, 0.4) is 0 Å². The van der Waals surface area contributed by atoms with Crippen LogP contribution >= 0.6 is 11.8 Å². The molecule has 20 heavy (non-hydrogen) atoms. The molecule has 0 radical (unpaired) electrons. The summed E-state index contributed by atoms with van der Waals surface area (Å²) in [4.78, 5) is 4.64. The zero-order valence-corrected chi connectivity index (χ0v) is 13.5. The maximum absolute atomic E-state index is 6.06. The van der Waals surface area contributed by atoms with Crippen LogP contribution in [-0.2, 0) is 11.2 Å². The Morgan fingerprint density at radius 3 is 2.55 bits per heavy atom. The second-order valence-electron chi connectivity index (χ2n) is 6.32. The Balaban J connectivity index is 2.01. The van der Waals surface area contributed by atoms with Gasteiger partial charge in [-0.1, -0.05) is 44.7 Å². The van der Waals surface area contributed by atoms with Gasteiger partial charge in [0.25, 0.3) is 0 Å². The smallest absolute Gasteiger partial charge is 0.234 e. The minimum absolute atomic E-state index is 0.0650. The summed E-state index contributed by atoms with van der Waals surface area (Å²) >= 11 is 1.87. The molecule has 1 aliphatic rings. The van der Waals surface area contributed by atoms with E-state index in [-0.39, 0.29) is 5.41 Å². The molecule has 0 aromatic carbocycles. The molecule has 0 bridgehead atoms. The predicted octanol–water partition coefficient (Wildman–Crippen LogP) is 3.51. The first-order chi connectivity index (χ1) is 9.66. The van der Waals surface area contributed by atoms with Crippen molar-refractivity contribution in [2.45, 2.75) is 63.5 Å². The molecule has 5 heteroatoms. The van der Waals surface area contributed by atoms with Gasteiger partial charge in [-0.25, -0.2) is 0 Å². The van der Waals surface area contributed by atoms with Gasteiger partial charge >= 0.3 is 0 Å². The van der Waals surface area contributed by atoms with Gasteiger partial charge in [-0.2, -0.15) is 16.7 Å². The lowest BCUT2D eigenvalue weighted by Gasteiger charge is -2.26. The average molecular weight is 297 g/mol. The molecule has 1 aromatic rings. The van der Waals surface area contributed by atoms with Crippen molar-refractivity contribution in [1.82, 2.24) is 10.1 Å². The van der Waals surface area contributed by atoms with Crippen LogP contribution in [-0.4, -0.2) is 22.4 Å². The van der Waals surface area contributed by atoms with Gasteiger partial charge in [0.2, 0.25) is 5.89 Å². The monoisotopic (exact) mass is 297 g/mol. The van der Waals surface area contributed by atoms with Crippen LogP contribution in [0.25, 0.3) is 0 Å². The Morgan fingerprint density at radius 1 is 1.25 bits per heavy atom. The van der Waals surface area contributed by atoms with E-state index in [9.17, 15) is 0 Å². The third-order valence-corrected chi connectivity index (χ3v) is 5.42. The van der Waals surface area contributed by atoms with E-state index in [0.717, 1.165) is 36.1 Å². The molecule has 1 saturated carbocycles. The Labute approximate surface area is 126 Å². The van der Waals surface area contributed by atoms with E-state index in [1.807, 2.05) is 11.8 Å². The minimum atomic E-state index is -0.0650. The summed E-state index contributed by atoms with van der Waals surface area (Å²) in [6.07, 6.45) is 7.21. The van der Waals surface area contributed by atoms with Gasteiger partial charge in [0, 0.05) is 6.54 Å². The molecule has 114 valence electrons. The lowest BCUT2D eigenvalue weighted by molar-refractivity contribution is 0.256. The fraction of sp³-hybridized carbons (Fsp3) is 0.867. The van der Waals surface area contributed by atoms with E-state index in [1.54, 1.807) is 0 Å². The van der Waals surface area contributed by atoms with E-state index in [0.29, 0.717) is 12.5 Å². The van der Waals surface area contributed by atoms with Gasteiger partial charge in [-0.15, -0.1) is 0 Å². The van der Waals surface area contributed by atoms with Crippen LogP contribution in [0, 0.1) is 5.92 Å². The van der Waals surface area contributed by atoms with E-state index in [2.05, 4.69) is 24.0 Å². The highest BCUT2D eigenvalue weighted by molar-refractivity contribution is 7.98. The van der Waals surface area contributed by atoms with Crippen molar-refractivity contribution in [2.75, 3.05) is 12.3 Å². The van der Waals surface area contributed by atoms with E-state index >= 15 is 0 Å². The molecule has 0 saturated heterocycles. The Hall–Kier alpha value is -0.550. The van der Waals surface area contributed by atoms with Gasteiger partial charge in [0.05, 0.1) is 11.2 Å². The van der Waals surface area contributed by atoms with E-state index in [1.165, 1.54) is 25.7 Å². The fourth-order valence-corrected chi connectivity index (χ4v) is 3.71. The third-order valence-electron chi connectivity index (χ3n) is 4.06. The number of aromatic nitrogens is 2. The van der Waals surface area contributed by atoms with Crippen LogP contribution < -0.4 is 5.73 Å². The minimum Gasteiger partial charge on any atom is -0.339 e. The fourth-order valence-electron chi connectivity index (χ4n) is 2.82. The van der Waals surface area contributed by atoms with Crippen molar-refractivity contribution in [3.8, 4) is 0 Å². The second-order valence-corrected chi connectivity index (χ2v) is 7.35. The Kier molecular flexibility index (Phi) is 5.90. The molecular weight excluding hydrogens is 270 g/mol. The number of nitrogens with zero attached hydrogens (tertiary/aromatic N) is 2.